The SMILES string of the molecule is CC(C(=O)NC1CCCCC1)N1CCN(S(=O)(=O)c2ccc(Cl)s2)CC1. The summed E-state index contributed by atoms with van der Waals surface area (Å²) in [6, 6.07) is 3.21. The van der Waals surface area contributed by atoms with Crippen LogP contribution in [0.1, 0.15) is 39.0 Å². The van der Waals surface area contributed by atoms with Crippen molar-refractivity contribution in [2.24, 2.45) is 0 Å². The Kier molecular flexibility index (Phi) is 6.61. The van der Waals surface area contributed by atoms with E-state index in [9.17, 15) is 13.2 Å². The second-order valence-electron chi connectivity index (χ2n) is 7.02. The molecular weight excluding hydrogens is 394 g/mol. The maximum Gasteiger partial charge on any atom is 0.252 e. The Hall–Kier alpha value is -0.670. The minimum absolute atomic E-state index is 0.0539. The first kappa shape index (κ1) is 20.1. The zero-order chi connectivity index (χ0) is 18.7. The van der Waals surface area contributed by atoms with E-state index in [1.165, 1.54) is 23.6 Å². The second kappa shape index (κ2) is 8.56. The van der Waals surface area contributed by atoms with Crippen LogP contribution in [0.4, 0.5) is 0 Å². The highest BCUT2D eigenvalue weighted by Crippen LogP contribution is 2.28. The number of carbonyl (C=O) groups is 1. The Morgan fingerprint density at radius 2 is 1.85 bits per heavy atom. The van der Waals surface area contributed by atoms with E-state index in [1.807, 2.05) is 6.92 Å². The van der Waals surface area contributed by atoms with Crippen LogP contribution >= 0.6 is 22.9 Å². The first-order valence-electron chi connectivity index (χ1n) is 9.18. The number of thiophene rings is 1. The average molecular weight is 420 g/mol. The summed E-state index contributed by atoms with van der Waals surface area (Å²) in [5.74, 6) is 0.0539. The van der Waals surface area contributed by atoms with Crippen molar-refractivity contribution in [2.45, 2.75) is 55.3 Å². The van der Waals surface area contributed by atoms with Crippen molar-refractivity contribution in [3.8, 4) is 0 Å². The Balaban J connectivity index is 1.53. The fourth-order valence-electron chi connectivity index (χ4n) is 3.63. The standard InChI is InChI=1S/C17H26ClN3O3S2/c1-13(17(22)19-14-5-3-2-4-6-14)20-9-11-21(12-10-20)26(23,24)16-8-7-15(18)25-16/h7-8,13-14H,2-6,9-12H2,1H3,(H,19,22). The normalized spacial score (nSPS) is 22.2. The summed E-state index contributed by atoms with van der Waals surface area (Å²) in [4.78, 5) is 14.6. The highest BCUT2D eigenvalue weighted by molar-refractivity contribution is 7.91. The van der Waals surface area contributed by atoms with Gasteiger partial charge in [0, 0.05) is 32.2 Å². The quantitative estimate of drug-likeness (QED) is 0.796. The number of carbonyl (C=O) groups excluding carboxylic acids is 1. The van der Waals surface area contributed by atoms with Gasteiger partial charge in [-0.2, -0.15) is 4.31 Å². The Morgan fingerprint density at radius 3 is 2.42 bits per heavy atom. The van der Waals surface area contributed by atoms with Crippen LogP contribution in [0, 0.1) is 0 Å². The van der Waals surface area contributed by atoms with Crippen LogP contribution < -0.4 is 5.32 Å². The van der Waals surface area contributed by atoms with Crippen LogP contribution in [0.5, 0.6) is 0 Å². The molecule has 2 fully saturated rings. The third-order valence-corrected chi connectivity index (χ3v) is 8.89. The van der Waals surface area contributed by atoms with Crippen molar-refractivity contribution in [1.82, 2.24) is 14.5 Å². The predicted molar refractivity (Wildman–Crippen MR) is 104 cm³/mol. The molecule has 1 amide bonds. The summed E-state index contributed by atoms with van der Waals surface area (Å²) in [5.41, 5.74) is 0. The van der Waals surface area contributed by atoms with Crippen molar-refractivity contribution in [1.29, 1.82) is 0 Å². The Labute approximate surface area is 164 Å². The maximum atomic E-state index is 12.7. The molecule has 2 heterocycles. The van der Waals surface area contributed by atoms with Gasteiger partial charge >= 0.3 is 0 Å². The van der Waals surface area contributed by atoms with Crippen LogP contribution in [0.25, 0.3) is 0 Å². The average Bonchev–Trinajstić information content (AvgIpc) is 3.09. The molecule has 1 aromatic heterocycles. The van der Waals surface area contributed by atoms with E-state index in [4.69, 9.17) is 11.6 Å². The lowest BCUT2D eigenvalue weighted by atomic mass is 9.95. The van der Waals surface area contributed by atoms with Gasteiger partial charge in [-0.25, -0.2) is 8.42 Å². The lowest BCUT2D eigenvalue weighted by Gasteiger charge is -2.37. The van der Waals surface area contributed by atoms with Gasteiger partial charge in [-0.15, -0.1) is 11.3 Å². The number of hydrogen-bond acceptors (Lipinski definition) is 5. The van der Waals surface area contributed by atoms with Crippen molar-refractivity contribution in [2.75, 3.05) is 26.2 Å². The van der Waals surface area contributed by atoms with Crippen molar-refractivity contribution < 1.29 is 13.2 Å². The van der Waals surface area contributed by atoms with Gasteiger partial charge in [-0.3, -0.25) is 9.69 Å². The van der Waals surface area contributed by atoms with Gasteiger partial charge < -0.3 is 5.32 Å². The summed E-state index contributed by atoms with van der Waals surface area (Å²) in [7, 11) is -3.49. The van der Waals surface area contributed by atoms with Crippen LogP contribution in [-0.4, -0.2) is 61.8 Å². The van der Waals surface area contributed by atoms with Gasteiger partial charge in [0.2, 0.25) is 5.91 Å². The van der Waals surface area contributed by atoms with Gasteiger partial charge in [-0.05, 0) is 31.9 Å². The number of nitrogens with one attached hydrogen (secondary N) is 1. The largest absolute Gasteiger partial charge is 0.352 e. The number of hydrogen-bond donors (Lipinski definition) is 1. The van der Waals surface area contributed by atoms with Crippen molar-refractivity contribution >= 4 is 38.9 Å². The lowest BCUT2D eigenvalue weighted by Crippen LogP contribution is -2.55. The molecule has 1 aliphatic carbocycles. The molecule has 0 spiro atoms. The Morgan fingerprint density at radius 1 is 1.19 bits per heavy atom. The first-order chi connectivity index (χ1) is 12.4. The number of halogens is 1. The molecule has 2 aliphatic rings. The molecule has 26 heavy (non-hydrogen) atoms. The van der Waals surface area contributed by atoms with Crippen LogP contribution in [-0.2, 0) is 14.8 Å². The van der Waals surface area contributed by atoms with Crippen molar-refractivity contribution in [3.63, 3.8) is 0 Å². The number of amides is 1. The van der Waals surface area contributed by atoms with Gasteiger partial charge in [0.15, 0.2) is 0 Å². The zero-order valence-corrected chi connectivity index (χ0v) is 17.4. The molecule has 1 atom stereocenters. The highest BCUT2D eigenvalue weighted by atomic mass is 35.5. The number of rotatable bonds is 5. The molecule has 1 N–H and O–H groups in total. The lowest BCUT2D eigenvalue weighted by molar-refractivity contribution is -0.127. The molecule has 1 saturated heterocycles. The van der Waals surface area contributed by atoms with Crippen LogP contribution in [0.15, 0.2) is 16.3 Å². The van der Waals surface area contributed by atoms with E-state index in [0.29, 0.717) is 36.6 Å². The summed E-state index contributed by atoms with van der Waals surface area (Å²) >= 11 is 6.95. The van der Waals surface area contributed by atoms with Gasteiger partial charge in [-0.1, -0.05) is 30.9 Å². The van der Waals surface area contributed by atoms with Gasteiger partial charge in [0.25, 0.3) is 10.0 Å². The second-order valence-corrected chi connectivity index (χ2v) is 10.9. The van der Waals surface area contributed by atoms with E-state index in [2.05, 4.69) is 10.2 Å². The van der Waals surface area contributed by atoms with Gasteiger partial charge in [0.1, 0.15) is 4.21 Å². The Bertz CT molecular complexity index is 723. The number of nitrogens with zero attached hydrogens (tertiary/aromatic N) is 2. The molecule has 0 aromatic carbocycles. The third-order valence-electron chi connectivity index (χ3n) is 5.29. The number of piperazine rings is 1. The minimum Gasteiger partial charge on any atom is -0.352 e. The summed E-state index contributed by atoms with van der Waals surface area (Å²) in [6.07, 6.45) is 5.75. The minimum atomic E-state index is -3.49. The maximum absolute atomic E-state index is 12.7. The summed E-state index contributed by atoms with van der Waals surface area (Å²) < 4.78 is 27.5. The van der Waals surface area contributed by atoms with Crippen molar-refractivity contribution in [3.05, 3.63) is 16.5 Å². The van der Waals surface area contributed by atoms with Crippen LogP contribution in [0.2, 0.25) is 4.34 Å². The molecule has 1 aromatic rings. The molecule has 0 bridgehead atoms. The molecule has 3 rings (SSSR count). The van der Waals surface area contributed by atoms with E-state index in [1.54, 1.807) is 12.1 Å². The molecule has 6 nitrogen and oxygen atoms in total. The first-order valence-corrected chi connectivity index (χ1v) is 11.8. The fraction of sp³-hybridized carbons (Fsp3) is 0.706. The smallest absolute Gasteiger partial charge is 0.252 e. The molecule has 0 radical (unpaired) electrons. The monoisotopic (exact) mass is 419 g/mol. The van der Waals surface area contributed by atoms with E-state index < -0.39 is 10.0 Å². The molecule has 1 unspecified atom stereocenters. The van der Waals surface area contributed by atoms with E-state index in [-0.39, 0.29) is 16.2 Å². The molecule has 146 valence electrons. The number of sulfonamides is 1. The fourth-order valence-corrected chi connectivity index (χ4v) is 6.69. The molecular formula is C17H26ClN3O3S2. The predicted octanol–water partition coefficient (Wildman–Crippen LogP) is 2.55. The highest BCUT2D eigenvalue weighted by Gasteiger charge is 2.33. The molecule has 1 aliphatic heterocycles. The molecule has 9 heteroatoms. The summed E-state index contributed by atoms with van der Waals surface area (Å²) in [6.45, 7) is 3.79. The van der Waals surface area contributed by atoms with E-state index >= 15 is 0 Å². The molecule has 1 saturated carbocycles. The zero-order valence-electron chi connectivity index (χ0n) is 15.0. The van der Waals surface area contributed by atoms with Crippen LogP contribution in [0.3, 0.4) is 0 Å². The van der Waals surface area contributed by atoms with E-state index in [0.717, 1.165) is 24.2 Å². The van der Waals surface area contributed by atoms with Gasteiger partial charge in [0.05, 0.1) is 10.4 Å². The topological polar surface area (TPSA) is 69.7 Å². The summed E-state index contributed by atoms with van der Waals surface area (Å²) in [5, 5.41) is 3.16. The third kappa shape index (κ3) is 4.59.